The molecule has 0 aliphatic carbocycles. The molecule has 0 aromatic heterocycles. The lowest BCUT2D eigenvalue weighted by molar-refractivity contribution is -0.145. The summed E-state index contributed by atoms with van der Waals surface area (Å²) in [6.07, 6.45) is 41.0. The standard InChI is InChI=1S/C47H89NO5/c1-5-9-13-16-18-24-34-44(32-22-12-8-4)42-52-46(50)36-26-20-28-38-48(40-30-31-41-49)39-29-21-27-37-47(51)53-43-45(33-23-15-11-7-3)35-25-19-17-14-10-6-2/h20,28,43-44,49H,5-19,21-27,29-42H2,1-4H3/b28-20+,45-43+. The second kappa shape index (κ2) is 41.5. The fraction of sp³-hybridized carbons (Fsp3) is 0.872. The van der Waals surface area contributed by atoms with E-state index in [1.807, 2.05) is 0 Å². The molecule has 0 saturated carbocycles. The van der Waals surface area contributed by atoms with Gasteiger partial charge in [0.25, 0.3) is 0 Å². The first kappa shape index (κ1) is 51.3. The van der Waals surface area contributed by atoms with E-state index >= 15 is 0 Å². The quantitative estimate of drug-likeness (QED) is 0.0290. The van der Waals surface area contributed by atoms with Crippen molar-refractivity contribution in [3.8, 4) is 0 Å². The van der Waals surface area contributed by atoms with Crippen LogP contribution in [0.1, 0.15) is 227 Å². The van der Waals surface area contributed by atoms with Crippen molar-refractivity contribution in [2.75, 3.05) is 32.8 Å². The minimum atomic E-state index is -0.106. The topological polar surface area (TPSA) is 76.1 Å². The number of hydrogen-bond acceptors (Lipinski definition) is 6. The fourth-order valence-electron chi connectivity index (χ4n) is 6.92. The second-order valence-electron chi connectivity index (χ2n) is 15.7. The SMILES string of the molecule is CCCCCCCC/C(=C/OC(=O)CCCCCN(C/C=C/CCC(=O)OCC(CCCCC)CCCCCCCC)CCCCO)CCCCCC. The maximum absolute atomic E-state index is 12.6. The molecule has 1 N–H and O–H groups in total. The summed E-state index contributed by atoms with van der Waals surface area (Å²) in [5.74, 6) is 0.317. The second-order valence-corrected chi connectivity index (χ2v) is 15.7. The molecular formula is C47H89NO5. The van der Waals surface area contributed by atoms with Crippen LogP contribution in [0.4, 0.5) is 0 Å². The minimum absolute atomic E-state index is 0.0760. The first-order valence-electron chi connectivity index (χ1n) is 23.0. The first-order chi connectivity index (χ1) is 26.0. The van der Waals surface area contributed by atoms with Gasteiger partial charge in [0.05, 0.1) is 12.9 Å². The molecule has 0 aliphatic rings. The van der Waals surface area contributed by atoms with Crippen molar-refractivity contribution in [1.29, 1.82) is 0 Å². The molecule has 0 aromatic carbocycles. The number of esters is 2. The van der Waals surface area contributed by atoms with Crippen LogP contribution >= 0.6 is 0 Å². The van der Waals surface area contributed by atoms with Crippen LogP contribution in [0.25, 0.3) is 0 Å². The molecule has 0 aromatic rings. The molecule has 53 heavy (non-hydrogen) atoms. The predicted octanol–water partition coefficient (Wildman–Crippen LogP) is 13.6. The van der Waals surface area contributed by atoms with Gasteiger partial charge < -0.3 is 14.6 Å². The Kier molecular flexibility index (Phi) is 40.2. The van der Waals surface area contributed by atoms with Crippen LogP contribution in [0.5, 0.6) is 0 Å². The van der Waals surface area contributed by atoms with E-state index in [1.165, 1.54) is 140 Å². The molecule has 0 radical (unpaired) electrons. The van der Waals surface area contributed by atoms with Crippen LogP contribution in [0, 0.1) is 5.92 Å². The lowest BCUT2D eigenvalue weighted by Gasteiger charge is -2.20. The average Bonchev–Trinajstić information content (AvgIpc) is 3.16. The van der Waals surface area contributed by atoms with E-state index in [1.54, 1.807) is 6.26 Å². The van der Waals surface area contributed by atoms with Crippen LogP contribution in [0.3, 0.4) is 0 Å². The zero-order chi connectivity index (χ0) is 38.9. The Morgan fingerprint density at radius 2 is 1.04 bits per heavy atom. The molecule has 312 valence electrons. The van der Waals surface area contributed by atoms with Gasteiger partial charge in [-0.15, -0.1) is 0 Å². The fourth-order valence-corrected chi connectivity index (χ4v) is 6.92. The van der Waals surface area contributed by atoms with Gasteiger partial charge in [0.1, 0.15) is 0 Å². The predicted molar refractivity (Wildman–Crippen MR) is 227 cm³/mol. The highest BCUT2D eigenvalue weighted by Gasteiger charge is 2.12. The van der Waals surface area contributed by atoms with Gasteiger partial charge >= 0.3 is 11.9 Å². The molecule has 6 nitrogen and oxygen atoms in total. The number of nitrogens with zero attached hydrogens (tertiary/aromatic N) is 1. The molecule has 1 atom stereocenters. The Morgan fingerprint density at radius 1 is 0.547 bits per heavy atom. The molecule has 0 spiro atoms. The normalized spacial score (nSPS) is 12.6. The summed E-state index contributed by atoms with van der Waals surface area (Å²) in [7, 11) is 0. The van der Waals surface area contributed by atoms with Gasteiger partial charge in [0.2, 0.25) is 0 Å². The largest absolute Gasteiger partial charge is 0.465 e. The highest BCUT2D eigenvalue weighted by atomic mass is 16.5. The summed E-state index contributed by atoms with van der Waals surface area (Å²) >= 11 is 0. The molecule has 0 heterocycles. The highest BCUT2D eigenvalue weighted by molar-refractivity contribution is 5.70. The molecule has 0 saturated heterocycles. The number of unbranched alkanes of at least 4 members (excludes halogenated alkanes) is 18. The molecule has 6 heteroatoms. The maximum Gasteiger partial charge on any atom is 0.310 e. The Bertz CT molecular complexity index is 856. The number of aliphatic hydroxyl groups excluding tert-OH is 1. The van der Waals surface area contributed by atoms with Gasteiger partial charge in [0.15, 0.2) is 0 Å². The third kappa shape index (κ3) is 37.1. The van der Waals surface area contributed by atoms with Gasteiger partial charge in [-0.1, -0.05) is 155 Å². The van der Waals surface area contributed by atoms with Crippen LogP contribution in [-0.2, 0) is 19.1 Å². The number of carbonyl (C=O) groups is 2. The van der Waals surface area contributed by atoms with Crippen LogP contribution < -0.4 is 0 Å². The summed E-state index contributed by atoms with van der Waals surface area (Å²) in [5.41, 5.74) is 1.30. The van der Waals surface area contributed by atoms with Crippen LogP contribution in [-0.4, -0.2) is 54.8 Å². The van der Waals surface area contributed by atoms with Crippen molar-refractivity contribution in [3.05, 3.63) is 24.0 Å². The zero-order valence-corrected chi connectivity index (χ0v) is 35.8. The van der Waals surface area contributed by atoms with E-state index in [0.29, 0.717) is 31.8 Å². The van der Waals surface area contributed by atoms with Crippen molar-refractivity contribution in [2.24, 2.45) is 5.92 Å². The molecule has 0 fully saturated rings. The lowest BCUT2D eigenvalue weighted by atomic mass is 9.95. The Balaban J connectivity index is 4.53. The number of ether oxygens (including phenoxy) is 2. The lowest BCUT2D eigenvalue weighted by Crippen LogP contribution is -2.26. The van der Waals surface area contributed by atoms with Gasteiger partial charge in [-0.3, -0.25) is 14.5 Å². The number of aliphatic hydroxyl groups is 1. The van der Waals surface area contributed by atoms with Crippen molar-refractivity contribution < 1.29 is 24.2 Å². The van der Waals surface area contributed by atoms with Crippen molar-refractivity contribution >= 4 is 11.9 Å². The van der Waals surface area contributed by atoms with Gasteiger partial charge in [-0.2, -0.15) is 0 Å². The summed E-state index contributed by atoms with van der Waals surface area (Å²) in [6.45, 7) is 12.5. The van der Waals surface area contributed by atoms with Crippen molar-refractivity contribution in [1.82, 2.24) is 4.90 Å². The average molecular weight is 748 g/mol. The third-order valence-corrected chi connectivity index (χ3v) is 10.5. The highest BCUT2D eigenvalue weighted by Crippen LogP contribution is 2.20. The van der Waals surface area contributed by atoms with E-state index in [2.05, 4.69) is 44.7 Å². The summed E-state index contributed by atoms with van der Waals surface area (Å²) in [6, 6.07) is 0. The Morgan fingerprint density at radius 3 is 1.66 bits per heavy atom. The summed E-state index contributed by atoms with van der Waals surface area (Å²) < 4.78 is 11.4. The van der Waals surface area contributed by atoms with Crippen LogP contribution in [0.15, 0.2) is 24.0 Å². The van der Waals surface area contributed by atoms with E-state index < -0.39 is 0 Å². The minimum Gasteiger partial charge on any atom is -0.465 e. The number of allylic oxidation sites excluding steroid dienone is 2. The van der Waals surface area contributed by atoms with E-state index in [0.717, 1.165) is 64.6 Å². The number of hydrogen-bond donors (Lipinski definition) is 1. The van der Waals surface area contributed by atoms with Crippen molar-refractivity contribution in [3.63, 3.8) is 0 Å². The Hall–Kier alpha value is -1.66. The summed E-state index contributed by atoms with van der Waals surface area (Å²) in [5, 5.41) is 9.29. The van der Waals surface area contributed by atoms with E-state index in [-0.39, 0.29) is 18.5 Å². The molecule has 0 bridgehead atoms. The maximum atomic E-state index is 12.6. The monoisotopic (exact) mass is 748 g/mol. The van der Waals surface area contributed by atoms with Gasteiger partial charge in [-0.05, 0) is 95.2 Å². The van der Waals surface area contributed by atoms with E-state index in [9.17, 15) is 14.7 Å². The van der Waals surface area contributed by atoms with Gasteiger partial charge in [-0.25, -0.2) is 0 Å². The van der Waals surface area contributed by atoms with E-state index in [4.69, 9.17) is 9.47 Å². The first-order valence-corrected chi connectivity index (χ1v) is 23.0. The summed E-state index contributed by atoms with van der Waals surface area (Å²) in [4.78, 5) is 27.5. The Labute approximate surface area is 329 Å². The molecule has 1 unspecified atom stereocenters. The molecule has 0 rings (SSSR count). The smallest absolute Gasteiger partial charge is 0.310 e. The number of rotatable bonds is 41. The third-order valence-electron chi connectivity index (χ3n) is 10.5. The van der Waals surface area contributed by atoms with Gasteiger partial charge in [0, 0.05) is 26.0 Å². The molecular weight excluding hydrogens is 659 g/mol. The molecule has 0 amide bonds. The van der Waals surface area contributed by atoms with Crippen molar-refractivity contribution in [2.45, 2.75) is 227 Å². The van der Waals surface area contributed by atoms with Crippen LogP contribution in [0.2, 0.25) is 0 Å². The number of carbonyl (C=O) groups excluding carboxylic acids is 2. The zero-order valence-electron chi connectivity index (χ0n) is 35.8. The molecule has 0 aliphatic heterocycles.